The van der Waals surface area contributed by atoms with E-state index in [0.717, 1.165) is 17.0 Å². The number of nitro groups is 1. The third kappa shape index (κ3) is 3.23. The minimum Gasteiger partial charge on any atom is -0.361 e. The van der Waals surface area contributed by atoms with E-state index in [1.165, 1.54) is 6.07 Å². The zero-order valence-electron chi connectivity index (χ0n) is 11.1. The standard InChI is InChI=1S/C13H14BrN3O3/c1-8-12(9(2)20-16-8)7-15-6-10-3-4-11(14)5-13(10)17(18)19/h3-5,15H,6-7H2,1-2H3. The van der Waals surface area contributed by atoms with E-state index in [9.17, 15) is 10.1 Å². The smallest absolute Gasteiger partial charge is 0.275 e. The third-order valence-electron chi connectivity index (χ3n) is 3.04. The van der Waals surface area contributed by atoms with Gasteiger partial charge in [0, 0.05) is 34.8 Å². The van der Waals surface area contributed by atoms with E-state index >= 15 is 0 Å². The van der Waals surface area contributed by atoms with Crippen molar-refractivity contribution in [2.24, 2.45) is 0 Å². The summed E-state index contributed by atoms with van der Waals surface area (Å²) < 4.78 is 5.76. The van der Waals surface area contributed by atoms with Gasteiger partial charge in [0.1, 0.15) is 5.76 Å². The van der Waals surface area contributed by atoms with Crippen molar-refractivity contribution in [2.45, 2.75) is 26.9 Å². The minimum absolute atomic E-state index is 0.102. The molecule has 6 nitrogen and oxygen atoms in total. The molecule has 0 atom stereocenters. The Morgan fingerprint density at radius 3 is 2.75 bits per heavy atom. The fraction of sp³-hybridized carbons (Fsp3) is 0.308. The van der Waals surface area contributed by atoms with Crippen LogP contribution in [0, 0.1) is 24.0 Å². The molecular weight excluding hydrogens is 326 g/mol. The molecular formula is C13H14BrN3O3. The molecule has 1 N–H and O–H groups in total. The number of benzene rings is 1. The fourth-order valence-electron chi connectivity index (χ4n) is 1.93. The lowest BCUT2D eigenvalue weighted by molar-refractivity contribution is -0.385. The van der Waals surface area contributed by atoms with Crippen LogP contribution in [-0.2, 0) is 13.1 Å². The second-order valence-corrected chi connectivity index (χ2v) is 5.35. The van der Waals surface area contributed by atoms with E-state index < -0.39 is 0 Å². The topological polar surface area (TPSA) is 81.2 Å². The highest BCUT2D eigenvalue weighted by atomic mass is 79.9. The largest absolute Gasteiger partial charge is 0.361 e. The summed E-state index contributed by atoms with van der Waals surface area (Å²) in [6, 6.07) is 5.04. The lowest BCUT2D eigenvalue weighted by atomic mass is 10.1. The molecule has 0 aliphatic heterocycles. The molecule has 0 saturated heterocycles. The first-order valence-corrected chi connectivity index (χ1v) is 6.83. The van der Waals surface area contributed by atoms with Gasteiger partial charge < -0.3 is 9.84 Å². The van der Waals surface area contributed by atoms with Crippen molar-refractivity contribution in [3.63, 3.8) is 0 Å². The van der Waals surface area contributed by atoms with Crippen molar-refractivity contribution in [1.82, 2.24) is 10.5 Å². The summed E-state index contributed by atoms with van der Waals surface area (Å²) in [6.07, 6.45) is 0. The Labute approximate surface area is 124 Å². The van der Waals surface area contributed by atoms with Gasteiger partial charge in [-0.15, -0.1) is 0 Å². The Kier molecular flexibility index (Phi) is 4.51. The number of nitrogens with one attached hydrogen (secondary N) is 1. The van der Waals surface area contributed by atoms with Gasteiger partial charge >= 0.3 is 0 Å². The van der Waals surface area contributed by atoms with Crippen molar-refractivity contribution < 1.29 is 9.45 Å². The van der Waals surface area contributed by atoms with Crippen molar-refractivity contribution in [2.75, 3.05) is 0 Å². The Morgan fingerprint density at radius 2 is 2.15 bits per heavy atom. The molecule has 1 aromatic heterocycles. The molecule has 1 heterocycles. The van der Waals surface area contributed by atoms with Gasteiger partial charge in [0.05, 0.1) is 10.6 Å². The zero-order chi connectivity index (χ0) is 14.7. The summed E-state index contributed by atoms with van der Waals surface area (Å²) in [7, 11) is 0. The summed E-state index contributed by atoms with van der Waals surface area (Å²) in [5, 5.41) is 18.1. The first-order chi connectivity index (χ1) is 9.49. The fourth-order valence-corrected chi connectivity index (χ4v) is 2.28. The molecule has 2 aromatic rings. The van der Waals surface area contributed by atoms with Crippen LogP contribution >= 0.6 is 15.9 Å². The number of halogens is 1. The first kappa shape index (κ1) is 14.7. The highest BCUT2D eigenvalue weighted by Crippen LogP contribution is 2.23. The van der Waals surface area contributed by atoms with Crippen LogP contribution in [0.4, 0.5) is 5.69 Å². The van der Waals surface area contributed by atoms with Gasteiger partial charge in [0.25, 0.3) is 5.69 Å². The highest BCUT2D eigenvalue weighted by molar-refractivity contribution is 9.10. The van der Waals surface area contributed by atoms with Crippen LogP contribution in [0.3, 0.4) is 0 Å². The van der Waals surface area contributed by atoms with Crippen LogP contribution in [-0.4, -0.2) is 10.1 Å². The van der Waals surface area contributed by atoms with Crippen LogP contribution in [0.1, 0.15) is 22.6 Å². The maximum Gasteiger partial charge on any atom is 0.275 e. The summed E-state index contributed by atoms with van der Waals surface area (Å²) in [5.74, 6) is 0.764. The second-order valence-electron chi connectivity index (χ2n) is 4.44. The van der Waals surface area contributed by atoms with Gasteiger partial charge in [0.2, 0.25) is 0 Å². The van der Waals surface area contributed by atoms with Crippen molar-refractivity contribution in [3.8, 4) is 0 Å². The van der Waals surface area contributed by atoms with E-state index in [-0.39, 0.29) is 10.6 Å². The Bertz CT molecular complexity index is 620. The number of aromatic nitrogens is 1. The molecule has 0 bridgehead atoms. The SMILES string of the molecule is Cc1noc(C)c1CNCc1ccc(Br)cc1[N+](=O)[O-]. The molecule has 20 heavy (non-hydrogen) atoms. The zero-order valence-corrected chi connectivity index (χ0v) is 12.7. The number of hydrogen-bond acceptors (Lipinski definition) is 5. The average molecular weight is 340 g/mol. The van der Waals surface area contributed by atoms with Gasteiger partial charge in [-0.05, 0) is 26.0 Å². The molecule has 0 unspecified atom stereocenters. The van der Waals surface area contributed by atoms with Gasteiger partial charge in [0.15, 0.2) is 0 Å². The van der Waals surface area contributed by atoms with E-state index in [1.54, 1.807) is 12.1 Å². The predicted molar refractivity (Wildman–Crippen MR) is 77.3 cm³/mol. The molecule has 0 fully saturated rings. The Hall–Kier alpha value is -1.73. The molecule has 0 saturated carbocycles. The number of hydrogen-bond donors (Lipinski definition) is 1. The molecule has 2 rings (SSSR count). The maximum atomic E-state index is 11.0. The normalized spacial score (nSPS) is 10.8. The molecule has 0 amide bonds. The number of aryl methyl sites for hydroxylation is 2. The Morgan fingerprint density at radius 1 is 1.40 bits per heavy atom. The molecule has 0 spiro atoms. The Balaban J connectivity index is 2.06. The van der Waals surface area contributed by atoms with E-state index in [2.05, 4.69) is 26.4 Å². The van der Waals surface area contributed by atoms with Gasteiger partial charge in [-0.25, -0.2) is 0 Å². The highest BCUT2D eigenvalue weighted by Gasteiger charge is 2.14. The quantitative estimate of drug-likeness (QED) is 0.667. The summed E-state index contributed by atoms with van der Waals surface area (Å²) >= 11 is 3.24. The van der Waals surface area contributed by atoms with Crippen LogP contribution in [0.5, 0.6) is 0 Å². The molecule has 1 aromatic carbocycles. The van der Waals surface area contributed by atoms with Crippen molar-refractivity contribution in [1.29, 1.82) is 0 Å². The maximum absolute atomic E-state index is 11.0. The molecule has 0 radical (unpaired) electrons. The third-order valence-corrected chi connectivity index (χ3v) is 3.54. The average Bonchev–Trinajstić information content (AvgIpc) is 2.71. The summed E-state index contributed by atoms with van der Waals surface area (Å²) in [6.45, 7) is 4.69. The van der Waals surface area contributed by atoms with Crippen LogP contribution in [0.2, 0.25) is 0 Å². The van der Waals surface area contributed by atoms with Crippen LogP contribution in [0.25, 0.3) is 0 Å². The minimum atomic E-state index is -0.377. The molecule has 0 aliphatic carbocycles. The molecule has 106 valence electrons. The van der Waals surface area contributed by atoms with Crippen molar-refractivity contribution in [3.05, 3.63) is 55.4 Å². The van der Waals surface area contributed by atoms with Crippen LogP contribution < -0.4 is 5.32 Å². The lowest BCUT2D eigenvalue weighted by Crippen LogP contribution is -2.14. The summed E-state index contributed by atoms with van der Waals surface area (Å²) in [4.78, 5) is 10.6. The number of rotatable bonds is 5. The molecule has 7 heteroatoms. The summed E-state index contributed by atoms with van der Waals surface area (Å²) in [5.41, 5.74) is 2.57. The lowest BCUT2D eigenvalue weighted by Gasteiger charge is -2.06. The second kappa shape index (κ2) is 6.15. The molecule has 0 aliphatic rings. The number of nitro benzene ring substituents is 1. The van der Waals surface area contributed by atoms with E-state index in [0.29, 0.717) is 23.1 Å². The van der Waals surface area contributed by atoms with E-state index in [4.69, 9.17) is 4.52 Å². The van der Waals surface area contributed by atoms with Crippen molar-refractivity contribution >= 4 is 21.6 Å². The van der Waals surface area contributed by atoms with E-state index in [1.807, 2.05) is 13.8 Å². The first-order valence-electron chi connectivity index (χ1n) is 6.04. The van der Waals surface area contributed by atoms with Gasteiger partial charge in [-0.3, -0.25) is 10.1 Å². The van der Waals surface area contributed by atoms with Crippen LogP contribution in [0.15, 0.2) is 27.2 Å². The monoisotopic (exact) mass is 339 g/mol. The number of nitrogens with zero attached hydrogens (tertiary/aromatic N) is 2. The van der Waals surface area contributed by atoms with Gasteiger partial charge in [-0.2, -0.15) is 0 Å². The predicted octanol–water partition coefficient (Wildman–Crippen LogP) is 3.25. The van der Waals surface area contributed by atoms with Gasteiger partial charge in [-0.1, -0.05) is 21.1 Å².